The number of rotatable bonds is 3. The van der Waals surface area contributed by atoms with Gasteiger partial charge in [0.2, 0.25) is 0 Å². The second-order valence-corrected chi connectivity index (χ2v) is 4.22. The van der Waals surface area contributed by atoms with Gasteiger partial charge in [-0.3, -0.25) is 0 Å². The third-order valence-corrected chi connectivity index (χ3v) is 2.79. The number of nitrogens with two attached hydrogens (primary N) is 1. The van der Waals surface area contributed by atoms with Gasteiger partial charge in [-0.2, -0.15) is 5.26 Å². The first-order chi connectivity index (χ1) is 8.70. The molecule has 0 heterocycles. The van der Waals surface area contributed by atoms with Gasteiger partial charge in [-0.25, -0.2) is 0 Å². The van der Waals surface area contributed by atoms with Crippen LogP contribution < -0.4 is 11.1 Å². The number of nitriles is 1. The molecule has 2 aromatic carbocycles. The Kier molecular flexibility index (Phi) is 3.49. The fourth-order valence-corrected chi connectivity index (χ4v) is 1.84. The van der Waals surface area contributed by atoms with E-state index in [0.717, 1.165) is 5.69 Å². The van der Waals surface area contributed by atoms with Crippen molar-refractivity contribution in [3.05, 3.63) is 59.2 Å². The molecule has 3 nitrogen and oxygen atoms in total. The molecule has 0 atom stereocenters. The van der Waals surface area contributed by atoms with Crippen molar-refractivity contribution in [3.63, 3.8) is 0 Å². The lowest BCUT2D eigenvalue weighted by Crippen LogP contribution is -2.03. The van der Waals surface area contributed by atoms with Crippen LogP contribution in [0.1, 0.15) is 16.7 Å². The van der Waals surface area contributed by atoms with Gasteiger partial charge < -0.3 is 11.1 Å². The summed E-state index contributed by atoms with van der Waals surface area (Å²) in [4.78, 5) is 0. The minimum Gasteiger partial charge on any atom is -0.396 e. The van der Waals surface area contributed by atoms with E-state index in [9.17, 15) is 0 Å². The predicted octanol–water partition coefficient (Wildman–Crippen LogP) is 3.06. The van der Waals surface area contributed by atoms with Crippen molar-refractivity contribution in [3.8, 4) is 6.07 Å². The molecule has 2 rings (SSSR count). The van der Waals surface area contributed by atoms with Crippen LogP contribution in [0.3, 0.4) is 0 Å². The highest BCUT2D eigenvalue weighted by molar-refractivity contribution is 5.72. The molecule has 0 bridgehead atoms. The number of anilines is 2. The van der Waals surface area contributed by atoms with Crippen LogP contribution in [0.15, 0.2) is 42.5 Å². The number of nitrogen functional groups attached to an aromatic ring is 1. The summed E-state index contributed by atoms with van der Waals surface area (Å²) < 4.78 is 0. The van der Waals surface area contributed by atoms with E-state index in [2.05, 4.69) is 36.5 Å². The maximum absolute atomic E-state index is 8.91. The minimum absolute atomic E-state index is 0.504. The van der Waals surface area contributed by atoms with Gasteiger partial charge in [0.25, 0.3) is 0 Å². The van der Waals surface area contributed by atoms with Crippen molar-refractivity contribution < 1.29 is 0 Å². The zero-order valence-corrected chi connectivity index (χ0v) is 10.3. The summed E-state index contributed by atoms with van der Waals surface area (Å²) in [6.07, 6.45) is 0. The number of aryl methyl sites for hydroxylation is 1. The summed E-state index contributed by atoms with van der Waals surface area (Å²) in [6.45, 7) is 2.76. The summed E-state index contributed by atoms with van der Waals surface area (Å²) in [5.41, 5.74) is 10.1. The Bertz CT molecular complexity index is 597. The Morgan fingerprint density at radius 1 is 1.22 bits per heavy atom. The van der Waals surface area contributed by atoms with E-state index in [1.165, 1.54) is 11.1 Å². The van der Waals surface area contributed by atoms with Gasteiger partial charge >= 0.3 is 0 Å². The van der Waals surface area contributed by atoms with Crippen LogP contribution in [-0.4, -0.2) is 0 Å². The summed E-state index contributed by atoms with van der Waals surface area (Å²) in [5.74, 6) is 0. The van der Waals surface area contributed by atoms with Crippen molar-refractivity contribution in [2.45, 2.75) is 13.5 Å². The maximum Gasteiger partial charge on any atom is 0.101 e. The summed E-state index contributed by atoms with van der Waals surface area (Å²) >= 11 is 0. The SMILES string of the molecule is Cc1cccc(CNc2cccc(C#N)c2N)c1. The van der Waals surface area contributed by atoms with Crippen molar-refractivity contribution in [1.82, 2.24) is 0 Å². The number of nitrogens with one attached hydrogen (secondary N) is 1. The molecule has 0 aliphatic rings. The molecule has 0 aliphatic heterocycles. The highest BCUT2D eigenvalue weighted by atomic mass is 14.9. The Balaban J connectivity index is 2.14. The average molecular weight is 237 g/mol. The highest BCUT2D eigenvalue weighted by Gasteiger charge is 2.03. The molecule has 0 amide bonds. The monoisotopic (exact) mass is 237 g/mol. The smallest absolute Gasteiger partial charge is 0.101 e. The fraction of sp³-hybridized carbons (Fsp3) is 0.133. The number of hydrogen-bond donors (Lipinski definition) is 2. The zero-order chi connectivity index (χ0) is 13.0. The third-order valence-electron chi connectivity index (χ3n) is 2.79. The Hall–Kier alpha value is -2.47. The van der Waals surface area contributed by atoms with E-state index >= 15 is 0 Å². The van der Waals surface area contributed by atoms with Crippen LogP contribution in [0.25, 0.3) is 0 Å². The predicted molar refractivity (Wildman–Crippen MR) is 74.1 cm³/mol. The van der Waals surface area contributed by atoms with Crippen LogP contribution >= 0.6 is 0 Å². The molecule has 90 valence electrons. The van der Waals surface area contributed by atoms with Gasteiger partial charge in [-0.1, -0.05) is 35.9 Å². The summed E-state index contributed by atoms with van der Waals surface area (Å²) in [6, 6.07) is 15.8. The standard InChI is InChI=1S/C15H15N3/c1-11-4-2-5-12(8-11)10-18-14-7-3-6-13(9-16)15(14)17/h2-8,18H,10,17H2,1H3. The van der Waals surface area contributed by atoms with Crippen molar-refractivity contribution in [2.75, 3.05) is 11.1 Å². The van der Waals surface area contributed by atoms with Gasteiger partial charge in [0.1, 0.15) is 6.07 Å². The van der Waals surface area contributed by atoms with E-state index < -0.39 is 0 Å². The van der Waals surface area contributed by atoms with Crippen LogP contribution in [0, 0.1) is 18.3 Å². The first-order valence-corrected chi connectivity index (χ1v) is 5.78. The molecule has 0 aromatic heterocycles. The Morgan fingerprint density at radius 2 is 2.00 bits per heavy atom. The Labute approximate surface area is 107 Å². The molecule has 0 radical (unpaired) electrons. The molecular weight excluding hydrogens is 222 g/mol. The fourth-order valence-electron chi connectivity index (χ4n) is 1.84. The molecule has 0 aliphatic carbocycles. The van der Waals surface area contributed by atoms with Gasteiger partial charge in [0.05, 0.1) is 16.9 Å². The van der Waals surface area contributed by atoms with Gasteiger partial charge in [0, 0.05) is 6.54 Å². The molecule has 3 heteroatoms. The molecule has 0 unspecified atom stereocenters. The minimum atomic E-state index is 0.504. The lowest BCUT2D eigenvalue weighted by atomic mass is 10.1. The first-order valence-electron chi connectivity index (χ1n) is 5.78. The normalized spacial score (nSPS) is 9.78. The van der Waals surface area contributed by atoms with E-state index in [1.807, 2.05) is 18.2 Å². The summed E-state index contributed by atoms with van der Waals surface area (Å²) in [7, 11) is 0. The van der Waals surface area contributed by atoms with Crippen molar-refractivity contribution >= 4 is 11.4 Å². The van der Waals surface area contributed by atoms with Crippen LogP contribution in [0.2, 0.25) is 0 Å². The number of nitrogens with zero attached hydrogens (tertiary/aromatic N) is 1. The van der Waals surface area contributed by atoms with E-state index in [4.69, 9.17) is 11.0 Å². The molecule has 0 saturated carbocycles. The number of para-hydroxylation sites is 1. The maximum atomic E-state index is 8.91. The van der Waals surface area contributed by atoms with Crippen LogP contribution in [0.5, 0.6) is 0 Å². The zero-order valence-electron chi connectivity index (χ0n) is 10.3. The summed E-state index contributed by atoms with van der Waals surface area (Å²) in [5, 5.41) is 12.2. The second kappa shape index (κ2) is 5.24. The molecule has 3 N–H and O–H groups in total. The Morgan fingerprint density at radius 3 is 2.72 bits per heavy atom. The van der Waals surface area contributed by atoms with Crippen molar-refractivity contribution in [2.24, 2.45) is 0 Å². The van der Waals surface area contributed by atoms with Gasteiger partial charge in [-0.15, -0.1) is 0 Å². The van der Waals surface area contributed by atoms with Gasteiger partial charge in [0.15, 0.2) is 0 Å². The van der Waals surface area contributed by atoms with Gasteiger partial charge in [-0.05, 0) is 24.6 Å². The molecular formula is C15H15N3. The number of hydrogen-bond acceptors (Lipinski definition) is 3. The second-order valence-electron chi connectivity index (χ2n) is 4.22. The largest absolute Gasteiger partial charge is 0.396 e. The average Bonchev–Trinajstić information content (AvgIpc) is 2.38. The van der Waals surface area contributed by atoms with Crippen LogP contribution in [-0.2, 0) is 6.54 Å². The molecule has 0 saturated heterocycles. The topological polar surface area (TPSA) is 61.8 Å². The molecule has 0 spiro atoms. The molecule has 18 heavy (non-hydrogen) atoms. The third kappa shape index (κ3) is 2.61. The van der Waals surface area contributed by atoms with E-state index in [1.54, 1.807) is 6.07 Å². The van der Waals surface area contributed by atoms with Crippen molar-refractivity contribution in [1.29, 1.82) is 5.26 Å². The number of benzene rings is 2. The van der Waals surface area contributed by atoms with Crippen LogP contribution in [0.4, 0.5) is 11.4 Å². The highest BCUT2D eigenvalue weighted by Crippen LogP contribution is 2.22. The lowest BCUT2D eigenvalue weighted by Gasteiger charge is -2.10. The van der Waals surface area contributed by atoms with E-state index in [0.29, 0.717) is 17.8 Å². The molecule has 0 fully saturated rings. The van der Waals surface area contributed by atoms with E-state index in [-0.39, 0.29) is 0 Å². The first kappa shape index (κ1) is 12.0. The quantitative estimate of drug-likeness (QED) is 0.806. The lowest BCUT2D eigenvalue weighted by molar-refractivity contribution is 1.14. The molecule has 2 aromatic rings.